The predicted molar refractivity (Wildman–Crippen MR) is 72.6 cm³/mol. The van der Waals surface area contributed by atoms with Crippen LogP contribution < -0.4 is 5.32 Å². The molecule has 0 radical (unpaired) electrons. The average Bonchev–Trinajstić information content (AvgIpc) is 2.73. The molecule has 130 valence electrons. The van der Waals surface area contributed by atoms with Crippen molar-refractivity contribution < 1.29 is 31.1 Å². The number of amides is 1. The number of halogens is 7. The van der Waals surface area contributed by atoms with Crippen LogP contribution in [0.2, 0.25) is 5.02 Å². The SMILES string of the molecule is Cn1nc(C(=O)Nc2ccccc2C(F)(F)F)c(Cl)c1C(F)(F)F. The summed E-state index contributed by atoms with van der Waals surface area (Å²) in [4.78, 5) is 12.0. The van der Waals surface area contributed by atoms with Crippen molar-refractivity contribution in [2.75, 3.05) is 5.32 Å². The molecule has 2 rings (SSSR count). The lowest BCUT2D eigenvalue weighted by Gasteiger charge is -2.12. The first-order valence-electron chi connectivity index (χ1n) is 6.20. The lowest BCUT2D eigenvalue weighted by atomic mass is 10.1. The zero-order valence-corrected chi connectivity index (χ0v) is 12.5. The van der Waals surface area contributed by atoms with Crippen molar-refractivity contribution in [1.82, 2.24) is 9.78 Å². The summed E-state index contributed by atoms with van der Waals surface area (Å²) >= 11 is 5.52. The van der Waals surface area contributed by atoms with Gasteiger partial charge in [-0.2, -0.15) is 31.4 Å². The second-order valence-electron chi connectivity index (χ2n) is 4.63. The fourth-order valence-electron chi connectivity index (χ4n) is 1.97. The third-order valence-corrected chi connectivity index (χ3v) is 3.31. The van der Waals surface area contributed by atoms with E-state index in [0.717, 1.165) is 25.2 Å². The van der Waals surface area contributed by atoms with Gasteiger partial charge < -0.3 is 5.32 Å². The maximum atomic E-state index is 12.9. The minimum absolute atomic E-state index is 0.340. The topological polar surface area (TPSA) is 46.9 Å². The maximum Gasteiger partial charge on any atom is 0.434 e. The van der Waals surface area contributed by atoms with Crippen molar-refractivity contribution >= 4 is 23.2 Å². The Bertz CT molecular complexity index is 781. The van der Waals surface area contributed by atoms with E-state index in [9.17, 15) is 31.1 Å². The number of rotatable bonds is 2. The quantitative estimate of drug-likeness (QED) is 0.797. The summed E-state index contributed by atoms with van der Waals surface area (Å²) in [5.41, 5.74) is -3.98. The molecule has 0 aliphatic rings. The molecule has 0 aliphatic carbocycles. The van der Waals surface area contributed by atoms with Gasteiger partial charge >= 0.3 is 12.4 Å². The standard InChI is InChI=1S/C13H8ClF6N3O/c1-23-10(13(18,19)20)8(14)9(22-23)11(24)21-7-5-3-2-4-6(7)12(15,16)17/h2-5H,1H3,(H,21,24). The second kappa shape index (κ2) is 6.00. The van der Waals surface area contributed by atoms with Gasteiger partial charge in [0.1, 0.15) is 5.02 Å². The van der Waals surface area contributed by atoms with E-state index in [1.807, 2.05) is 5.32 Å². The lowest BCUT2D eigenvalue weighted by Crippen LogP contribution is -2.17. The van der Waals surface area contributed by atoms with Gasteiger partial charge in [-0.15, -0.1) is 0 Å². The van der Waals surface area contributed by atoms with Crippen LogP contribution in [0.1, 0.15) is 21.7 Å². The van der Waals surface area contributed by atoms with Crippen molar-refractivity contribution in [3.63, 3.8) is 0 Å². The Hall–Kier alpha value is -2.23. The Labute approximate surface area is 136 Å². The molecule has 24 heavy (non-hydrogen) atoms. The summed E-state index contributed by atoms with van der Waals surface area (Å²) in [6.07, 6.45) is -9.63. The number of benzene rings is 1. The molecule has 11 heteroatoms. The highest BCUT2D eigenvalue weighted by molar-refractivity contribution is 6.34. The first-order valence-corrected chi connectivity index (χ1v) is 6.58. The summed E-state index contributed by atoms with van der Waals surface area (Å²) in [6.45, 7) is 0. The fourth-order valence-corrected chi connectivity index (χ4v) is 2.33. The van der Waals surface area contributed by atoms with Crippen molar-refractivity contribution in [3.05, 3.63) is 46.2 Å². The van der Waals surface area contributed by atoms with Crippen molar-refractivity contribution in [2.45, 2.75) is 12.4 Å². The number of aryl methyl sites for hydroxylation is 1. The van der Waals surface area contributed by atoms with Gasteiger partial charge in [-0.25, -0.2) is 0 Å². The number of anilines is 1. The third kappa shape index (κ3) is 3.48. The molecule has 4 nitrogen and oxygen atoms in total. The van der Waals surface area contributed by atoms with Crippen LogP contribution in [-0.2, 0) is 19.4 Å². The second-order valence-corrected chi connectivity index (χ2v) is 5.01. The van der Waals surface area contributed by atoms with Crippen LogP contribution in [0.15, 0.2) is 24.3 Å². The number of nitrogens with zero attached hydrogens (tertiary/aromatic N) is 2. The minimum atomic E-state index is -4.87. The molecule has 1 heterocycles. The van der Waals surface area contributed by atoms with Gasteiger partial charge in [-0.05, 0) is 12.1 Å². The summed E-state index contributed by atoms with van der Waals surface area (Å²) in [7, 11) is 0.912. The zero-order chi connectivity index (χ0) is 18.3. The average molecular weight is 372 g/mol. The molecule has 0 bridgehead atoms. The van der Waals surface area contributed by atoms with Gasteiger partial charge in [0, 0.05) is 7.05 Å². The van der Waals surface area contributed by atoms with E-state index >= 15 is 0 Å². The van der Waals surface area contributed by atoms with E-state index in [-0.39, 0.29) is 0 Å². The Kier molecular flexibility index (Phi) is 4.53. The highest BCUT2D eigenvalue weighted by Crippen LogP contribution is 2.37. The highest BCUT2D eigenvalue weighted by atomic mass is 35.5. The van der Waals surface area contributed by atoms with Crippen LogP contribution in [0.3, 0.4) is 0 Å². The number of nitrogens with one attached hydrogen (secondary N) is 1. The molecule has 0 unspecified atom stereocenters. The summed E-state index contributed by atoms with van der Waals surface area (Å²) in [6, 6.07) is 4.01. The Balaban J connectivity index is 2.40. The molecular formula is C13H8ClF6N3O. The zero-order valence-electron chi connectivity index (χ0n) is 11.8. The van der Waals surface area contributed by atoms with Gasteiger partial charge in [0.2, 0.25) is 0 Å². The van der Waals surface area contributed by atoms with Gasteiger partial charge in [-0.1, -0.05) is 23.7 Å². The maximum absolute atomic E-state index is 12.9. The Morgan fingerprint density at radius 1 is 1.12 bits per heavy atom. The monoisotopic (exact) mass is 371 g/mol. The first kappa shape index (κ1) is 18.1. The number of hydrogen-bond acceptors (Lipinski definition) is 2. The number of hydrogen-bond donors (Lipinski definition) is 1. The molecule has 0 atom stereocenters. The molecule has 0 fully saturated rings. The molecule has 1 amide bonds. The van der Waals surface area contributed by atoms with E-state index in [4.69, 9.17) is 11.6 Å². The number of carbonyl (C=O) groups excluding carboxylic acids is 1. The molecule has 1 aromatic heterocycles. The van der Waals surface area contributed by atoms with Gasteiger partial charge in [0.25, 0.3) is 5.91 Å². The van der Waals surface area contributed by atoms with Crippen LogP contribution in [0.25, 0.3) is 0 Å². The van der Waals surface area contributed by atoms with Crippen LogP contribution in [0.4, 0.5) is 32.0 Å². The van der Waals surface area contributed by atoms with Gasteiger partial charge in [-0.3, -0.25) is 9.48 Å². The van der Waals surface area contributed by atoms with Gasteiger partial charge in [0.15, 0.2) is 11.4 Å². The van der Waals surface area contributed by atoms with Crippen molar-refractivity contribution in [3.8, 4) is 0 Å². The minimum Gasteiger partial charge on any atom is -0.320 e. The Morgan fingerprint density at radius 3 is 2.21 bits per heavy atom. The first-order chi connectivity index (χ1) is 10.9. The van der Waals surface area contributed by atoms with Gasteiger partial charge in [0.05, 0.1) is 11.3 Å². The van der Waals surface area contributed by atoms with Crippen molar-refractivity contribution in [1.29, 1.82) is 0 Å². The fraction of sp³-hybridized carbons (Fsp3) is 0.231. The van der Waals surface area contributed by atoms with E-state index < -0.39 is 45.9 Å². The van der Waals surface area contributed by atoms with Crippen LogP contribution in [0, 0.1) is 0 Å². The summed E-state index contributed by atoms with van der Waals surface area (Å²) < 4.78 is 77.3. The van der Waals surface area contributed by atoms with Crippen LogP contribution in [0.5, 0.6) is 0 Å². The van der Waals surface area contributed by atoms with Crippen LogP contribution in [-0.4, -0.2) is 15.7 Å². The van der Waals surface area contributed by atoms with Crippen LogP contribution >= 0.6 is 11.6 Å². The number of alkyl halides is 6. The normalized spacial score (nSPS) is 12.3. The van der Waals surface area contributed by atoms with E-state index in [2.05, 4.69) is 5.10 Å². The summed E-state index contributed by atoms with van der Waals surface area (Å²) in [5, 5.41) is 4.22. The molecule has 1 aromatic carbocycles. The predicted octanol–water partition coefficient (Wildman–Crippen LogP) is 4.36. The third-order valence-electron chi connectivity index (χ3n) is 2.95. The highest BCUT2D eigenvalue weighted by Gasteiger charge is 2.40. The smallest absolute Gasteiger partial charge is 0.320 e. The molecule has 0 aliphatic heterocycles. The lowest BCUT2D eigenvalue weighted by molar-refractivity contribution is -0.143. The van der Waals surface area contributed by atoms with Crippen molar-refractivity contribution in [2.24, 2.45) is 7.05 Å². The molecule has 0 saturated carbocycles. The number of carbonyl (C=O) groups is 1. The molecule has 0 spiro atoms. The van der Waals surface area contributed by atoms with E-state index in [1.54, 1.807) is 0 Å². The molecule has 0 saturated heterocycles. The Morgan fingerprint density at radius 2 is 1.71 bits per heavy atom. The molecule has 1 N–H and O–H groups in total. The van der Waals surface area contributed by atoms with E-state index in [0.29, 0.717) is 4.68 Å². The molecular weight excluding hydrogens is 364 g/mol. The number of aromatic nitrogens is 2. The van der Waals surface area contributed by atoms with E-state index in [1.165, 1.54) is 6.07 Å². The molecule has 2 aromatic rings. The largest absolute Gasteiger partial charge is 0.434 e. The summed E-state index contributed by atoms with van der Waals surface area (Å²) in [5.74, 6) is -1.29. The number of para-hydroxylation sites is 1.